The molecule has 0 spiro atoms. The van der Waals surface area contributed by atoms with E-state index in [1.54, 1.807) is 0 Å². The molecule has 1 N–H and O–H groups in total. The Balaban J connectivity index is 2.61. The molecule has 1 aromatic rings. The van der Waals surface area contributed by atoms with Gasteiger partial charge >= 0.3 is 0 Å². The smallest absolute Gasteiger partial charge is 0.0550 e. The van der Waals surface area contributed by atoms with Crippen LogP contribution in [0.5, 0.6) is 0 Å². The van der Waals surface area contributed by atoms with Gasteiger partial charge in [-0.3, -0.25) is 4.68 Å². The minimum atomic E-state index is 0.451. The summed E-state index contributed by atoms with van der Waals surface area (Å²) in [7, 11) is 1.99. The summed E-state index contributed by atoms with van der Waals surface area (Å²) in [6.45, 7) is 5.45. The third-order valence-corrected chi connectivity index (χ3v) is 2.26. The Morgan fingerprint density at radius 1 is 1.54 bits per heavy atom. The van der Waals surface area contributed by atoms with E-state index in [1.165, 1.54) is 12.1 Å². The minimum Gasteiger partial charge on any atom is -0.309 e. The second-order valence-electron chi connectivity index (χ2n) is 3.29. The first-order valence-corrected chi connectivity index (χ1v) is 5.00. The number of rotatable bonds is 5. The fourth-order valence-corrected chi connectivity index (χ4v) is 1.50. The van der Waals surface area contributed by atoms with Crippen molar-refractivity contribution in [2.75, 3.05) is 6.54 Å². The Morgan fingerprint density at radius 2 is 2.31 bits per heavy atom. The molecule has 0 saturated carbocycles. The van der Waals surface area contributed by atoms with Gasteiger partial charge < -0.3 is 5.32 Å². The lowest BCUT2D eigenvalue weighted by Gasteiger charge is -2.16. The fourth-order valence-electron chi connectivity index (χ4n) is 1.50. The highest BCUT2D eigenvalue weighted by Gasteiger charge is 2.10. The van der Waals surface area contributed by atoms with Crippen molar-refractivity contribution in [3.63, 3.8) is 0 Å². The molecule has 13 heavy (non-hydrogen) atoms. The number of hydrogen-bond acceptors (Lipinski definition) is 2. The Morgan fingerprint density at radius 3 is 2.77 bits per heavy atom. The third kappa shape index (κ3) is 2.56. The zero-order valence-corrected chi connectivity index (χ0v) is 8.75. The molecule has 0 aliphatic carbocycles. The fraction of sp³-hybridized carbons (Fsp3) is 0.700. The maximum Gasteiger partial charge on any atom is 0.0550 e. The SMILES string of the molecule is CCCNC(CC)c1ccnn1C. The molecule has 0 saturated heterocycles. The summed E-state index contributed by atoms with van der Waals surface area (Å²) < 4.78 is 1.94. The molecule has 3 nitrogen and oxygen atoms in total. The van der Waals surface area contributed by atoms with Gasteiger partial charge in [0.05, 0.1) is 5.69 Å². The quantitative estimate of drug-likeness (QED) is 0.751. The zero-order chi connectivity index (χ0) is 9.68. The van der Waals surface area contributed by atoms with E-state index in [0.717, 1.165) is 13.0 Å². The van der Waals surface area contributed by atoms with Crippen LogP contribution < -0.4 is 5.32 Å². The highest BCUT2D eigenvalue weighted by atomic mass is 15.3. The molecule has 0 bridgehead atoms. The molecule has 0 fully saturated rings. The van der Waals surface area contributed by atoms with Gasteiger partial charge in [-0.25, -0.2) is 0 Å². The lowest BCUT2D eigenvalue weighted by molar-refractivity contribution is 0.484. The summed E-state index contributed by atoms with van der Waals surface area (Å²) >= 11 is 0. The van der Waals surface area contributed by atoms with E-state index in [0.29, 0.717) is 6.04 Å². The first-order chi connectivity index (χ1) is 6.29. The summed E-state index contributed by atoms with van der Waals surface area (Å²) in [6.07, 6.45) is 4.14. The number of aryl methyl sites for hydroxylation is 1. The zero-order valence-electron chi connectivity index (χ0n) is 8.75. The molecule has 0 aromatic carbocycles. The molecular formula is C10H19N3. The molecule has 1 heterocycles. The van der Waals surface area contributed by atoms with E-state index in [-0.39, 0.29) is 0 Å². The van der Waals surface area contributed by atoms with Crippen LogP contribution in [-0.2, 0) is 7.05 Å². The molecule has 1 rings (SSSR count). The molecule has 1 aromatic heterocycles. The Hall–Kier alpha value is -0.830. The monoisotopic (exact) mass is 181 g/mol. The first-order valence-electron chi connectivity index (χ1n) is 5.00. The van der Waals surface area contributed by atoms with Crippen LogP contribution in [0.3, 0.4) is 0 Å². The van der Waals surface area contributed by atoms with Crippen LogP contribution in [0.4, 0.5) is 0 Å². The second-order valence-corrected chi connectivity index (χ2v) is 3.29. The summed E-state index contributed by atoms with van der Waals surface area (Å²) in [4.78, 5) is 0. The molecule has 1 unspecified atom stereocenters. The van der Waals surface area contributed by atoms with Crippen molar-refractivity contribution in [2.24, 2.45) is 7.05 Å². The maximum absolute atomic E-state index is 4.17. The van der Waals surface area contributed by atoms with E-state index < -0.39 is 0 Å². The number of hydrogen-bond donors (Lipinski definition) is 1. The second kappa shape index (κ2) is 5.02. The number of nitrogens with zero attached hydrogens (tertiary/aromatic N) is 2. The van der Waals surface area contributed by atoms with Crippen LogP contribution in [0.1, 0.15) is 38.4 Å². The lowest BCUT2D eigenvalue weighted by Crippen LogP contribution is -2.23. The van der Waals surface area contributed by atoms with Crippen LogP contribution in [0.15, 0.2) is 12.3 Å². The summed E-state index contributed by atoms with van der Waals surface area (Å²) in [5.74, 6) is 0. The van der Waals surface area contributed by atoms with Crippen molar-refractivity contribution < 1.29 is 0 Å². The minimum absolute atomic E-state index is 0.451. The van der Waals surface area contributed by atoms with Crippen molar-refractivity contribution in [3.8, 4) is 0 Å². The Labute approximate surface area is 80.1 Å². The van der Waals surface area contributed by atoms with Gasteiger partial charge in [-0.05, 0) is 25.5 Å². The predicted molar refractivity (Wildman–Crippen MR) is 54.5 cm³/mol. The molecule has 0 aliphatic heterocycles. The average molecular weight is 181 g/mol. The largest absolute Gasteiger partial charge is 0.309 e. The van der Waals surface area contributed by atoms with Gasteiger partial charge in [-0.2, -0.15) is 5.10 Å². The van der Waals surface area contributed by atoms with E-state index in [9.17, 15) is 0 Å². The predicted octanol–water partition coefficient (Wildman–Crippen LogP) is 1.87. The Bertz CT molecular complexity index is 242. The first kappa shape index (κ1) is 10.3. The summed E-state index contributed by atoms with van der Waals surface area (Å²) in [6, 6.07) is 2.53. The van der Waals surface area contributed by atoms with Gasteiger partial charge in [0.2, 0.25) is 0 Å². The van der Waals surface area contributed by atoms with Crippen molar-refractivity contribution in [1.29, 1.82) is 0 Å². The van der Waals surface area contributed by atoms with Crippen LogP contribution in [0.25, 0.3) is 0 Å². The number of nitrogens with one attached hydrogen (secondary N) is 1. The van der Waals surface area contributed by atoms with E-state index in [1.807, 2.05) is 17.9 Å². The normalized spacial score (nSPS) is 13.2. The standard InChI is InChI=1S/C10H19N3/c1-4-7-11-9(5-2)10-6-8-12-13(10)3/h6,8-9,11H,4-5,7H2,1-3H3. The van der Waals surface area contributed by atoms with Crippen molar-refractivity contribution in [1.82, 2.24) is 15.1 Å². The van der Waals surface area contributed by atoms with Gasteiger partial charge in [-0.15, -0.1) is 0 Å². The van der Waals surface area contributed by atoms with Crippen molar-refractivity contribution in [2.45, 2.75) is 32.7 Å². The molecule has 3 heteroatoms. The topological polar surface area (TPSA) is 29.9 Å². The molecular weight excluding hydrogens is 162 g/mol. The van der Waals surface area contributed by atoms with Gasteiger partial charge in [0.1, 0.15) is 0 Å². The van der Waals surface area contributed by atoms with E-state index >= 15 is 0 Å². The molecule has 0 radical (unpaired) electrons. The van der Waals surface area contributed by atoms with Gasteiger partial charge in [0, 0.05) is 19.3 Å². The Kier molecular flexibility index (Phi) is 3.96. The summed E-state index contributed by atoms with van der Waals surface area (Å²) in [5, 5.41) is 7.67. The lowest BCUT2D eigenvalue weighted by atomic mass is 10.1. The highest BCUT2D eigenvalue weighted by molar-refractivity contribution is 5.06. The van der Waals surface area contributed by atoms with E-state index in [2.05, 4.69) is 30.3 Å². The van der Waals surface area contributed by atoms with E-state index in [4.69, 9.17) is 0 Å². The highest BCUT2D eigenvalue weighted by Crippen LogP contribution is 2.14. The maximum atomic E-state index is 4.17. The average Bonchev–Trinajstić information content (AvgIpc) is 2.54. The van der Waals surface area contributed by atoms with Crippen LogP contribution in [0, 0.1) is 0 Å². The van der Waals surface area contributed by atoms with Crippen molar-refractivity contribution in [3.05, 3.63) is 18.0 Å². The van der Waals surface area contributed by atoms with Gasteiger partial charge in [-0.1, -0.05) is 13.8 Å². The third-order valence-electron chi connectivity index (χ3n) is 2.26. The van der Waals surface area contributed by atoms with Crippen LogP contribution in [-0.4, -0.2) is 16.3 Å². The van der Waals surface area contributed by atoms with Gasteiger partial charge in [0.25, 0.3) is 0 Å². The van der Waals surface area contributed by atoms with Gasteiger partial charge in [0.15, 0.2) is 0 Å². The van der Waals surface area contributed by atoms with Crippen LogP contribution in [0.2, 0.25) is 0 Å². The molecule has 0 aliphatic rings. The molecule has 1 atom stereocenters. The van der Waals surface area contributed by atoms with Crippen LogP contribution >= 0.6 is 0 Å². The molecule has 74 valence electrons. The molecule has 0 amide bonds. The summed E-state index contributed by atoms with van der Waals surface area (Å²) in [5.41, 5.74) is 1.27. The van der Waals surface area contributed by atoms with Crippen molar-refractivity contribution >= 4 is 0 Å². The number of aromatic nitrogens is 2.